The van der Waals surface area contributed by atoms with Crippen molar-refractivity contribution in [3.8, 4) is 11.1 Å². The molecule has 3 aromatic rings. The van der Waals surface area contributed by atoms with Crippen molar-refractivity contribution in [2.24, 2.45) is 0 Å². The van der Waals surface area contributed by atoms with E-state index in [0.717, 1.165) is 16.5 Å². The summed E-state index contributed by atoms with van der Waals surface area (Å²) in [5, 5.41) is 1.89. The van der Waals surface area contributed by atoms with Gasteiger partial charge in [-0.3, -0.25) is 4.79 Å². The van der Waals surface area contributed by atoms with Gasteiger partial charge in [0, 0.05) is 11.1 Å². The number of aromatic amines is 1. The van der Waals surface area contributed by atoms with Crippen molar-refractivity contribution in [1.29, 1.82) is 0 Å². The van der Waals surface area contributed by atoms with Crippen LogP contribution in [0.2, 0.25) is 10.0 Å². The zero-order valence-corrected chi connectivity index (χ0v) is 11.3. The van der Waals surface area contributed by atoms with Crippen LogP contribution in [0.3, 0.4) is 0 Å². The van der Waals surface area contributed by atoms with Gasteiger partial charge in [-0.1, -0.05) is 47.5 Å². The highest BCUT2D eigenvalue weighted by Gasteiger charge is 2.07. The monoisotopic (exact) mass is 289 g/mol. The van der Waals surface area contributed by atoms with Gasteiger partial charge in [-0.05, 0) is 35.2 Å². The van der Waals surface area contributed by atoms with Crippen LogP contribution >= 0.6 is 23.2 Å². The maximum atomic E-state index is 12.1. The molecule has 0 saturated carbocycles. The van der Waals surface area contributed by atoms with Crippen molar-refractivity contribution in [3.63, 3.8) is 0 Å². The molecule has 2 nitrogen and oxygen atoms in total. The molecule has 0 aliphatic heterocycles. The molecule has 1 N–H and O–H groups in total. The Morgan fingerprint density at radius 3 is 2.47 bits per heavy atom. The molecule has 0 atom stereocenters. The second-order valence-corrected chi connectivity index (χ2v) is 5.04. The molecule has 0 radical (unpaired) electrons. The molecule has 0 spiro atoms. The van der Waals surface area contributed by atoms with E-state index < -0.39 is 0 Å². The zero-order valence-electron chi connectivity index (χ0n) is 9.78. The Kier molecular flexibility index (Phi) is 3.05. The van der Waals surface area contributed by atoms with Crippen molar-refractivity contribution >= 4 is 34.1 Å². The zero-order chi connectivity index (χ0) is 13.4. The number of aromatic nitrogens is 1. The van der Waals surface area contributed by atoms with Crippen LogP contribution in [0.15, 0.2) is 53.3 Å². The van der Waals surface area contributed by atoms with E-state index in [1.165, 1.54) is 0 Å². The summed E-state index contributed by atoms with van der Waals surface area (Å²) in [5.41, 5.74) is 2.01. The lowest BCUT2D eigenvalue weighted by molar-refractivity contribution is 1.31. The van der Waals surface area contributed by atoms with Crippen molar-refractivity contribution < 1.29 is 0 Å². The third kappa shape index (κ3) is 2.25. The Morgan fingerprint density at radius 1 is 0.895 bits per heavy atom. The molecule has 0 bridgehead atoms. The fraction of sp³-hybridized carbons (Fsp3) is 0. The van der Waals surface area contributed by atoms with Crippen LogP contribution in [-0.4, -0.2) is 4.98 Å². The van der Waals surface area contributed by atoms with E-state index in [1.807, 2.05) is 30.3 Å². The molecule has 0 aliphatic carbocycles. The van der Waals surface area contributed by atoms with E-state index in [4.69, 9.17) is 23.2 Å². The second kappa shape index (κ2) is 4.72. The molecule has 4 heteroatoms. The summed E-state index contributed by atoms with van der Waals surface area (Å²) in [5.74, 6) is 0. The molecule has 3 rings (SSSR count). The van der Waals surface area contributed by atoms with Gasteiger partial charge in [-0.2, -0.15) is 0 Å². The number of halogens is 2. The Labute approximate surface area is 119 Å². The van der Waals surface area contributed by atoms with E-state index in [9.17, 15) is 4.79 Å². The first-order chi connectivity index (χ1) is 9.15. The normalized spacial score (nSPS) is 10.8. The van der Waals surface area contributed by atoms with Gasteiger partial charge in [0.25, 0.3) is 5.56 Å². The summed E-state index contributed by atoms with van der Waals surface area (Å²) in [6.07, 6.45) is 0. The van der Waals surface area contributed by atoms with Gasteiger partial charge in [-0.25, -0.2) is 0 Å². The van der Waals surface area contributed by atoms with Crippen LogP contribution in [0.1, 0.15) is 0 Å². The minimum absolute atomic E-state index is 0.142. The number of hydrogen-bond donors (Lipinski definition) is 1. The molecular weight excluding hydrogens is 281 g/mol. The quantitative estimate of drug-likeness (QED) is 0.703. The largest absolute Gasteiger partial charge is 0.321 e. The number of H-pyrrole nitrogens is 1. The van der Waals surface area contributed by atoms with Gasteiger partial charge >= 0.3 is 0 Å². The second-order valence-electron chi connectivity index (χ2n) is 4.23. The summed E-state index contributed by atoms with van der Waals surface area (Å²) in [4.78, 5) is 15.0. The van der Waals surface area contributed by atoms with E-state index in [0.29, 0.717) is 15.6 Å². The van der Waals surface area contributed by atoms with Crippen molar-refractivity contribution in [2.75, 3.05) is 0 Å². The van der Waals surface area contributed by atoms with Gasteiger partial charge in [0.2, 0.25) is 0 Å². The van der Waals surface area contributed by atoms with Crippen LogP contribution in [0.5, 0.6) is 0 Å². The maximum Gasteiger partial charge on any atom is 0.256 e. The molecule has 0 aliphatic rings. The molecule has 0 amide bonds. The Hall–Kier alpha value is -1.77. The van der Waals surface area contributed by atoms with Crippen LogP contribution in [0.4, 0.5) is 0 Å². The topological polar surface area (TPSA) is 32.9 Å². The molecule has 2 aromatic carbocycles. The van der Waals surface area contributed by atoms with Gasteiger partial charge < -0.3 is 4.98 Å². The SMILES string of the molecule is O=c1[nH]c2ccccc2cc1-c1ccc(Cl)c(Cl)c1. The summed E-state index contributed by atoms with van der Waals surface area (Å²) in [6.45, 7) is 0. The van der Waals surface area contributed by atoms with Crippen molar-refractivity contribution in [2.45, 2.75) is 0 Å². The third-order valence-electron chi connectivity index (χ3n) is 2.98. The summed E-state index contributed by atoms with van der Waals surface area (Å²) in [6, 6.07) is 14.7. The van der Waals surface area contributed by atoms with Crippen LogP contribution in [0.25, 0.3) is 22.0 Å². The van der Waals surface area contributed by atoms with Crippen LogP contribution in [0, 0.1) is 0 Å². The van der Waals surface area contributed by atoms with E-state index >= 15 is 0 Å². The van der Waals surface area contributed by atoms with Crippen LogP contribution < -0.4 is 5.56 Å². The molecule has 0 saturated heterocycles. The summed E-state index contributed by atoms with van der Waals surface area (Å²) < 4.78 is 0. The van der Waals surface area contributed by atoms with Crippen molar-refractivity contribution in [3.05, 3.63) is 68.9 Å². The molecule has 0 unspecified atom stereocenters. The Balaban J connectivity index is 2.27. The van der Waals surface area contributed by atoms with Gasteiger partial charge in [0.05, 0.1) is 10.0 Å². The van der Waals surface area contributed by atoms with Crippen LogP contribution in [-0.2, 0) is 0 Å². The fourth-order valence-electron chi connectivity index (χ4n) is 2.03. The highest BCUT2D eigenvalue weighted by molar-refractivity contribution is 6.42. The number of fused-ring (bicyclic) bond motifs is 1. The predicted molar refractivity (Wildman–Crippen MR) is 80.0 cm³/mol. The molecule has 0 fully saturated rings. The molecular formula is C15H9Cl2NO. The van der Waals surface area contributed by atoms with E-state index in [-0.39, 0.29) is 5.56 Å². The average molecular weight is 290 g/mol. The predicted octanol–water partition coefficient (Wildman–Crippen LogP) is 4.50. The minimum Gasteiger partial charge on any atom is -0.321 e. The van der Waals surface area contributed by atoms with E-state index in [2.05, 4.69) is 4.98 Å². The first-order valence-electron chi connectivity index (χ1n) is 5.72. The fourth-order valence-corrected chi connectivity index (χ4v) is 2.32. The number of benzene rings is 2. The maximum absolute atomic E-state index is 12.1. The summed E-state index contributed by atoms with van der Waals surface area (Å²) >= 11 is 11.9. The standard InChI is InChI=1S/C15H9Cl2NO/c16-12-6-5-9(8-13(12)17)11-7-10-3-1-2-4-14(10)18-15(11)19/h1-8H,(H,18,19). The number of hydrogen-bond acceptors (Lipinski definition) is 1. The number of para-hydroxylation sites is 1. The molecule has 94 valence electrons. The molecule has 1 aromatic heterocycles. The number of rotatable bonds is 1. The van der Waals surface area contributed by atoms with E-state index in [1.54, 1.807) is 18.2 Å². The lowest BCUT2D eigenvalue weighted by Gasteiger charge is -2.05. The first-order valence-corrected chi connectivity index (χ1v) is 6.48. The highest BCUT2D eigenvalue weighted by Crippen LogP contribution is 2.27. The lowest BCUT2D eigenvalue weighted by atomic mass is 10.1. The molecule has 19 heavy (non-hydrogen) atoms. The van der Waals surface area contributed by atoms with Crippen molar-refractivity contribution in [1.82, 2.24) is 4.98 Å². The number of pyridine rings is 1. The Bertz CT molecular complexity index is 824. The van der Waals surface area contributed by atoms with Gasteiger partial charge in [-0.15, -0.1) is 0 Å². The van der Waals surface area contributed by atoms with Gasteiger partial charge in [0.15, 0.2) is 0 Å². The minimum atomic E-state index is -0.142. The third-order valence-corrected chi connectivity index (χ3v) is 3.72. The average Bonchev–Trinajstić information content (AvgIpc) is 2.41. The number of nitrogens with one attached hydrogen (secondary N) is 1. The molecule has 1 heterocycles. The lowest BCUT2D eigenvalue weighted by Crippen LogP contribution is -2.08. The first kappa shape index (κ1) is 12.3. The highest BCUT2D eigenvalue weighted by atomic mass is 35.5. The summed E-state index contributed by atoms with van der Waals surface area (Å²) in [7, 11) is 0. The smallest absolute Gasteiger partial charge is 0.256 e. The Morgan fingerprint density at radius 2 is 1.68 bits per heavy atom. The van der Waals surface area contributed by atoms with Gasteiger partial charge in [0.1, 0.15) is 0 Å².